The van der Waals surface area contributed by atoms with E-state index in [2.05, 4.69) is 4.98 Å². The maximum Gasteiger partial charge on any atom is 0.243 e. The summed E-state index contributed by atoms with van der Waals surface area (Å²) in [5.74, 6) is 0. The van der Waals surface area contributed by atoms with Crippen LogP contribution in [0.3, 0.4) is 0 Å². The zero-order chi connectivity index (χ0) is 16.4. The second-order valence-corrected chi connectivity index (χ2v) is 8.44. The van der Waals surface area contributed by atoms with E-state index in [0.717, 1.165) is 29.0 Å². The largest absolute Gasteiger partial charge is 0.250 e. The van der Waals surface area contributed by atoms with Gasteiger partial charge in [0.15, 0.2) is 0 Å². The van der Waals surface area contributed by atoms with Gasteiger partial charge in [-0.3, -0.25) is 0 Å². The normalized spacial score (nSPS) is 19.1. The zero-order valence-corrected chi connectivity index (χ0v) is 14.9. The smallest absolute Gasteiger partial charge is 0.243 e. The molecule has 0 spiro atoms. The zero-order valence-electron chi connectivity index (χ0n) is 13.3. The van der Waals surface area contributed by atoms with Gasteiger partial charge in [0.25, 0.3) is 0 Å². The number of hydrogen-bond acceptors (Lipinski definition) is 4. The van der Waals surface area contributed by atoms with Crippen LogP contribution in [-0.2, 0) is 10.0 Å². The first-order chi connectivity index (χ1) is 11.0. The molecule has 0 N–H and O–H groups in total. The predicted molar refractivity (Wildman–Crippen MR) is 93.1 cm³/mol. The van der Waals surface area contributed by atoms with E-state index in [0.29, 0.717) is 11.4 Å². The standard InChI is InChI=1S/C17H20N2O2S2/c1-13-5-8-15(9-6-13)23(20,21)19-11-3-4-16(19)14-7-10-17(22-2)18-12-14/h5-10,12,16H,3-4,11H2,1-2H3. The Morgan fingerprint density at radius 2 is 1.91 bits per heavy atom. The Balaban J connectivity index is 1.92. The molecular weight excluding hydrogens is 328 g/mol. The Hall–Kier alpha value is -1.37. The van der Waals surface area contributed by atoms with Gasteiger partial charge in [-0.15, -0.1) is 11.8 Å². The quantitative estimate of drug-likeness (QED) is 0.792. The fourth-order valence-electron chi connectivity index (χ4n) is 2.92. The molecule has 0 aliphatic carbocycles. The van der Waals surface area contributed by atoms with Gasteiger partial charge >= 0.3 is 0 Å². The van der Waals surface area contributed by atoms with E-state index in [1.807, 2.05) is 37.4 Å². The van der Waals surface area contributed by atoms with Crippen molar-refractivity contribution in [1.82, 2.24) is 9.29 Å². The van der Waals surface area contributed by atoms with Crippen LogP contribution in [0, 0.1) is 6.92 Å². The Kier molecular flexibility index (Phi) is 4.75. The molecule has 1 aromatic heterocycles. The molecule has 23 heavy (non-hydrogen) atoms. The third kappa shape index (κ3) is 3.29. The van der Waals surface area contributed by atoms with Crippen LogP contribution in [0.1, 0.15) is 30.0 Å². The second kappa shape index (κ2) is 6.63. The predicted octanol–water partition coefficient (Wildman–Crippen LogP) is 3.64. The molecule has 2 aromatic rings. The molecule has 122 valence electrons. The summed E-state index contributed by atoms with van der Waals surface area (Å²) >= 11 is 1.58. The molecular formula is C17H20N2O2S2. The van der Waals surface area contributed by atoms with E-state index < -0.39 is 10.0 Å². The molecule has 1 atom stereocenters. The summed E-state index contributed by atoms with van der Waals surface area (Å²) in [6.07, 6.45) is 5.50. The summed E-state index contributed by atoms with van der Waals surface area (Å²) in [6, 6.07) is 10.9. The lowest BCUT2D eigenvalue weighted by molar-refractivity contribution is 0.396. The number of benzene rings is 1. The van der Waals surface area contributed by atoms with Crippen LogP contribution in [0.5, 0.6) is 0 Å². The molecule has 0 saturated carbocycles. The number of thioether (sulfide) groups is 1. The van der Waals surface area contributed by atoms with E-state index in [4.69, 9.17) is 0 Å². The van der Waals surface area contributed by atoms with Crippen molar-refractivity contribution in [2.24, 2.45) is 0 Å². The molecule has 4 nitrogen and oxygen atoms in total. The van der Waals surface area contributed by atoms with Crippen molar-refractivity contribution in [3.8, 4) is 0 Å². The third-order valence-electron chi connectivity index (χ3n) is 4.18. The second-order valence-electron chi connectivity index (χ2n) is 5.72. The van der Waals surface area contributed by atoms with Crippen molar-refractivity contribution in [3.63, 3.8) is 0 Å². The lowest BCUT2D eigenvalue weighted by atomic mass is 10.1. The summed E-state index contributed by atoms with van der Waals surface area (Å²) in [5.41, 5.74) is 2.02. The Bertz CT molecular complexity index is 771. The van der Waals surface area contributed by atoms with Crippen LogP contribution < -0.4 is 0 Å². The first kappa shape index (κ1) is 16.5. The molecule has 1 aliphatic rings. The van der Waals surface area contributed by atoms with E-state index >= 15 is 0 Å². The Labute approximate surface area is 142 Å². The maximum atomic E-state index is 13.0. The first-order valence-corrected chi connectivity index (χ1v) is 10.3. The van der Waals surface area contributed by atoms with Crippen molar-refractivity contribution in [2.75, 3.05) is 12.8 Å². The van der Waals surface area contributed by atoms with Crippen molar-refractivity contribution < 1.29 is 8.42 Å². The monoisotopic (exact) mass is 348 g/mol. The van der Waals surface area contributed by atoms with Crippen LogP contribution in [0.15, 0.2) is 52.5 Å². The van der Waals surface area contributed by atoms with Crippen LogP contribution in [0.4, 0.5) is 0 Å². The van der Waals surface area contributed by atoms with Crippen LogP contribution >= 0.6 is 11.8 Å². The van der Waals surface area contributed by atoms with Gasteiger partial charge in [-0.1, -0.05) is 23.8 Å². The van der Waals surface area contributed by atoms with Gasteiger partial charge in [0.05, 0.1) is 16.0 Å². The first-order valence-electron chi connectivity index (χ1n) is 7.61. The number of nitrogens with zero attached hydrogens (tertiary/aromatic N) is 2. The van der Waals surface area contributed by atoms with Crippen LogP contribution in [0.25, 0.3) is 0 Å². The molecule has 0 radical (unpaired) electrons. The number of aryl methyl sites for hydroxylation is 1. The van der Waals surface area contributed by atoms with Gasteiger partial charge in [0.2, 0.25) is 10.0 Å². The molecule has 0 amide bonds. The number of rotatable bonds is 4. The Morgan fingerprint density at radius 3 is 2.52 bits per heavy atom. The van der Waals surface area contributed by atoms with Crippen LogP contribution in [0.2, 0.25) is 0 Å². The van der Waals surface area contributed by atoms with Crippen molar-refractivity contribution in [1.29, 1.82) is 0 Å². The molecule has 1 saturated heterocycles. The van der Waals surface area contributed by atoms with E-state index in [9.17, 15) is 8.42 Å². The summed E-state index contributed by atoms with van der Waals surface area (Å²) in [5, 5.41) is 0.944. The van der Waals surface area contributed by atoms with Crippen molar-refractivity contribution in [3.05, 3.63) is 53.7 Å². The van der Waals surface area contributed by atoms with Gasteiger partial charge in [0.1, 0.15) is 0 Å². The molecule has 6 heteroatoms. The van der Waals surface area contributed by atoms with E-state index in [1.165, 1.54) is 0 Å². The highest BCUT2D eigenvalue weighted by Gasteiger charge is 2.36. The molecule has 2 heterocycles. The highest BCUT2D eigenvalue weighted by Crippen LogP contribution is 2.36. The fraction of sp³-hybridized carbons (Fsp3) is 0.353. The topological polar surface area (TPSA) is 50.3 Å². The average Bonchev–Trinajstić information content (AvgIpc) is 3.06. The van der Waals surface area contributed by atoms with E-state index in [-0.39, 0.29) is 6.04 Å². The molecule has 0 bridgehead atoms. The molecule has 3 rings (SSSR count). The SMILES string of the molecule is CSc1ccc(C2CCCN2S(=O)(=O)c2ccc(C)cc2)cn1. The fourth-order valence-corrected chi connectivity index (χ4v) is 4.96. The van der Waals surface area contributed by atoms with Gasteiger partial charge in [-0.05, 0) is 49.8 Å². The molecule has 1 fully saturated rings. The Morgan fingerprint density at radius 1 is 1.17 bits per heavy atom. The van der Waals surface area contributed by atoms with Gasteiger partial charge < -0.3 is 0 Å². The summed E-state index contributed by atoms with van der Waals surface area (Å²) < 4.78 is 27.5. The number of aromatic nitrogens is 1. The minimum absolute atomic E-state index is 0.121. The number of sulfonamides is 1. The average molecular weight is 348 g/mol. The van der Waals surface area contributed by atoms with Crippen molar-refractivity contribution >= 4 is 21.8 Å². The summed E-state index contributed by atoms with van der Waals surface area (Å²) in [6.45, 7) is 2.51. The van der Waals surface area contributed by atoms with Gasteiger partial charge in [-0.25, -0.2) is 13.4 Å². The number of hydrogen-bond donors (Lipinski definition) is 0. The summed E-state index contributed by atoms with van der Waals surface area (Å²) in [7, 11) is -3.47. The molecule has 1 aliphatic heterocycles. The number of pyridine rings is 1. The lowest BCUT2D eigenvalue weighted by Gasteiger charge is -2.24. The van der Waals surface area contributed by atoms with Gasteiger partial charge in [-0.2, -0.15) is 4.31 Å². The van der Waals surface area contributed by atoms with Crippen LogP contribution in [-0.4, -0.2) is 30.5 Å². The lowest BCUT2D eigenvalue weighted by Crippen LogP contribution is -2.30. The van der Waals surface area contributed by atoms with Crippen molar-refractivity contribution in [2.45, 2.75) is 35.7 Å². The maximum absolute atomic E-state index is 13.0. The molecule has 1 aromatic carbocycles. The van der Waals surface area contributed by atoms with E-state index in [1.54, 1.807) is 34.4 Å². The minimum atomic E-state index is -3.47. The summed E-state index contributed by atoms with van der Waals surface area (Å²) in [4.78, 5) is 4.75. The highest BCUT2D eigenvalue weighted by molar-refractivity contribution is 7.98. The molecule has 1 unspecified atom stereocenters. The minimum Gasteiger partial charge on any atom is -0.250 e. The van der Waals surface area contributed by atoms with Gasteiger partial charge in [0, 0.05) is 12.7 Å². The third-order valence-corrected chi connectivity index (χ3v) is 6.77. The highest BCUT2D eigenvalue weighted by atomic mass is 32.2.